The largest absolute Gasteiger partial charge is 0.497 e. The molecule has 2 aromatic carbocycles. The molecule has 1 heterocycles. The van der Waals surface area contributed by atoms with Gasteiger partial charge >= 0.3 is 6.09 Å². The first-order chi connectivity index (χ1) is 13.6. The Morgan fingerprint density at radius 3 is 2.61 bits per heavy atom. The van der Waals surface area contributed by atoms with Crippen molar-refractivity contribution in [2.75, 3.05) is 30.6 Å². The lowest BCUT2D eigenvalue weighted by Gasteiger charge is -2.11. The predicted molar refractivity (Wildman–Crippen MR) is 114 cm³/mol. The molecule has 0 aliphatic carbocycles. The van der Waals surface area contributed by atoms with E-state index in [1.54, 1.807) is 7.11 Å². The lowest BCUT2D eigenvalue weighted by molar-refractivity contribution is 0.162. The number of hydrogen-bond donors (Lipinski definition) is 2. The third-order valence-electron chi connectivity index (χ3n) is 4.54. The second-order valence-corrected chi connectivity index (χ2v) is 6.65. The number of nitrogens with zero attached hydrogens (tertiary/aromatic N) is 1. The standard InChI is InChI=1S/C21H24ClN3O3/c1-3-25-18-13-16(27-2)9-10-17(18)19(23)20(25)14-5-7-15(8-6-14)24-21(26)28-12-4-11-22/h5-10,13H,3-4,11-12,23H2,1-2H3,(H,24,26). The predicted octanol–water partition coefficient (Wildman–Crippen LogP) is 5.10. The van der Waals surface area contributed by atoms with Gasteiger partial charge in [-0.2, -0.15) is 0 Å². The number of anilines is 2. The Balaban J connectivity index is 1.88. The number of carbonyl (C=O) groups excluding carboxylic acids is 1. The number of amides is 1. The maximum atomic E-state index is 11.8. The van der Waals surface area contributed by atoms with Gasteiger partial charge in [0.05, 0.1) is 30.6 Å². The van der Waals surface area contributed by atoms with E-state index in [-0.39, 0.29) is 0 Å². The Morgan fingerprint density at radius 1 is 1.21 bits per heavy atom. The number of benzene rings is 2. The molecule has 7 heteroatoms. The molecule has 148 valence electrons. The minimum atomic E-state index is -0.493. The first-order valence-corrected chi connectivity index (χ1v) is 9.68. The molecule has 0 radical (unpaired) electrons. The van der Waals surface area contributed by atoms with E-state index in [1.165, 1.54) is 0 Å². The van der Waals surface area contributed by atoms with Crippen molar-refractivity contribution in [1.82, 2.24) is 4.57 Å². The van der Waals surface area contributed by atoms with E-state index in [0.717, 1.165) is 40.1 Å². The van der Waals surface area contributed by atoms with E-state index in [1.807, 2.05) is 42.5 Å². The second kappa shape index (κ2) is 8.89. The molecule has 3 rings (SSSR count). The lowest BCUT2D eigenvalue weighted by atomic mass is 10.1. The van der Waals surface area contributed by atoms with Crippen molar-refractivity contribution in [2.45, 2.75) is 19.9 Å². The van der Waals surface area contributed by atoms with Crippen LogP contribution in [0.2, 0.25) is 0 Å². The third kappa shape index (κ3) is 4.02. The molecule has 1 amide bonds. The van der Waals surface area contributed by atoms with Crippen molar-refractivity contribution in [3.63, 3.8) is 0 Å². The highest BCUT2D eigenvalue weighted by Crippen LogP contribution is 2.37. The van der Waals surface area contributed by atoms with Crippen LogP contribution >= 0.6 is 11.6 Å². The molecule has 0 saturated carbocycles. The summed E-state index contributed by atoms with van der Waals surface area (Å²) in [6, 6.07) is 13.4. The van der Waals surface area contributed by atoms with E-state index >= 15 is 0 Å². The Hall–Kier alpha value is -2.86. The Morgan fingerprint density at radius 2 is 1.96 bits per heavy atom. The molecule has 0 unspecified atom stereocenters. The molecule has 0 aliphatic heterocycles. The fourth-order valence-electron chi connectivity index (χ4n) is 3.21. The molecule has 0 bridgehead atoms. The SMILES string of the molecule is CCn1c(-c2ccc(NC(=O)OCCCCl)cc2)c(N)c2ccc(OC)cc21. The number of alkyl halides is 1. The maximum Gasteiger partial charge on any atom is 0.411 e. The third-order valence-corrected chi connectivity index (χ3v) is 4.81. The van der Waals surface area contributed by atoms with Crippen molar-refractivity contribution >= 4 is 40.0 Å². The summed E-state index contributed by atoms with van der Waals surface area (Å²) < 4.78 is 12.6. The van der Waals surface area contributed by atoms with Gasteiger partial charge in [-0.1, -0.05) is 12.1 Å². The molecule has 3 N–H and O–H groups in total. The average molecular weight is 402 g/mol. The van der Waals surface area contributed by atoms with Gasteiger partial charge in [-0.25, -0.2) is 4.79 Å². The van der Waals surface area contributed by atoms with Crippen molar-refractivity contribution < 1.29 is 14.3 Å². The Labute approximate surface area is 169 Å². The maximum absolute atomic E-state index is 11.8. The number of hydrogen-bond acceptors (Lipinski definition) is 4. The fourth-order valence-corrected chi connectivity index (χ4v) is 3.32. The topological polar surface area (TPSA) is 78.5 Å². The van der Waals surface area contributed by atoms with Gasteiger partial charge in [0.2, 0.25) is 0 Å². The van der Waals surface area contributed by atoms with Crippen molar-refractivity contribution in [3.8, 4) is 17.0 Å². The zero-order chi connectivity index (χ0) is 20.1. The number of aryl methyl sites for hydroxylation is 1. The van der Waals surface area contributed by atoms with Crippen LogP contribution in [-0.2, 0) is 11.3 Å². The summed E-state index contributed by atoms with van der Waals surface area (Å²) in [5, 5.41) is 3.69. The Kier molecular flexibility index (Phi) is 6.31. The van der Waals surface area contributed by atoms with Gasteiger partial charge in [0.25, 0.3) is 0 Å². The Bertz CT molecular complexity index is 967. The van der Waals surface area contributed by atoms with Gasteiger partial charge in [-0.3, -0.25) is 5.32 Å². The summed E-state index contributed by atoms with van der Waals surface area (Å²) in [4.78, 5) is 11.8. The van der Waals surface area contributed by atoms with Crippen LogP contribution in [0.15, 0.2) is 42.5 Å². The highest BCUT2D eigenvalue weighted by molar-refractivity contribution is 6.17. The summed E-state index contributed by atoms with van der Waals surface area (Å²) in [6.45, 7) is 3.14. The lowest BCUT2D eigenvalue weighted by Crippen LogP contribution is -2.14. The molecule has 0 atom stereocenters. The van der Waals surface area contributed by atoms with Gasteiger partial charge in [-0.05, 0) is 37.6 Å². The number of nitrogens with one attached hydrogen (secondary N) is 1. The number of carbonyl (C=O) groups is 1. The first-order valence-electron chi connectivity index (χ1n) is 9.15. The number of nitrogens with two attached hydrogens (primary N) is 1. The molecule has 6 nitrogen and oxygen atoms in total. The summed E-state index contributed by atoms with van der Waals surface area (Å²) in [7, 11) is 1.65. The van der Waals surface area contributed by atoms with Crippen LogP contribution in [0, 0.1) is 0 Å². The molecule has 28 heavy (non-hydrogen) atoms. The molecule has 0 saturated heterocycles. The van der Waals surface area contributed by atoms with Gasteiger partial charge in [0.15, 0.2) is 0 Å². The smallest absolute Gasteiger partial charge is 0.411 e. The van der Waals surface area contributed by atoms with E-state index in [2.05, 4.69) is 16.8 Å². The van der Waals surface area contributed by atoms with Crippen LogP contribution in [0.25, 0.3) is 22.2 Å². The number of fused-ring (bicyclic) bond motifs is 1. The van der Waals surface area contributed by atoms with Crippen LogP contribution in [0.4, 0.5) is 16.2 Å². The first kappa shape index (κ1) is 19.9. The molecule has 1 aromatic heterocycles. The monoisotopic (exact) mass is 401 g/mol. The number of halogens is 1. The quantitative estimate of drug-likeness (QED) is 0.426. The molecule has 3 aromatic rings. The highest BCUT2D eigenvalue weighted by Gasteiger charge is 2.16. The minimum absolute atomic E-state index is 0.296. The van der Waals surface area contributed by atoms with E-state index in [0.29, 0.717) is 24.6 Å². The molecule has 0 aliphatic rings. The number of ether oxygens (including phenoxy) is 2. The fraction of sp³-hybridized carbons (Fsp3) is 0.286. The summed E-state index contributed by atoms with van der Waals surface area (Å²) in [5.41, 5.74) is 10.8. The number of rotatable bonds is 7. The number of aromatic nitrogens is 1. The van der Waals surface area contributed by atoms with Crippen LogP contribution in [-0.4, -0.2) is 30.3 Å². The average Bonchev–Trinajstić information content (AvgIpc) is 3.00. The highest BCUT2D eigenvalue weighted by atomic mass is 35.5. The van der Waals surface area contributed by atoms with E-state index < -0.39 is 6.09 Å². The van der Waals surface area contributed by atoms with Gasteiger partial charge in [0, 0.05) is 35.1 Å². The van der Waals surface area contributed by atoms with Crippen molar-refractivity contribution in [1.29, 1.82) is 0 Å². The molecule has 0 fully saturated rings. The normalized spacial score (nSPS) is 10.8. The van der Waals surface area contributed by atoms with Gasteiger partial charge < -0.3 is 19.8 Å². The van der Waals surface area contributed by atoms with Crippen molar-refractivity contribution in [3.05, 3.63) is 42.5 Å². The zero-order valence-corrected chi connectivity index (χ0v) is 16.8. The van der Waals surface area contributed by atoms with Gasteiger partial charge in [-0.15, -0.1) is 11.6 Å². The number of nitrogen functional groups attached to an aromatic ring is 1. The second-order valence-electron chi connectivity index (χ2n) is 6.27. The number of methoxy groups -OCH3 is 1. The van der Waals surface area contributed by atoms with Crippen LogP contribution in [0.5, 0.6) is 5.75 Å². The van der Waals surface area contributed by atoms with Crippen LogP contribution in [0.1, 0.15) is 13.3 Å². The molecular formula is C21H24ClN3O3. The summed E-state index contributed by atoms with van der Waals surface area (Å²) >= 11 is 5.57. The van der Waals surface area contributed by atoms with E-state index in [9.17, 15) is 4.79 Å². The summed E-state index contributed by atoms with van der Waals surface area (Å²) in [5.74, 6) is 1.25. The molecule has 0 spiro atoms. The molecular weight excluding hydrogens is 378 g/mol. The minimum Gasteiger partial charge on any atom is -0.497 e. The zero-order valence-electron chi connectivity index (χ0n) is 16.0. The van der Waals surface area contributed by atoms with Crippen LogP contribution < -0.4 is 15.8 Å². The van der Waals surface area contributed by atoms with E-state index in [4.69, 9.17) is 26.8 Å². The van der Waals surface area contributed by atoms with Gasteiger partial charge in [0.1, 0.15) is 5.75 Å². The van der Waals surface area contributed by atoms with Crippen LogP contribution in [0.3, 0.4) is 0 Å². The summed E-state index contributed by atoms with van der Waals surface area (Å²) in [6.07, 6.45) is 0.131. The van der Waals surface area contributed by atoms with Crippen molar-refractivity contribution in [2.24, 2.45) is 0 Å².